The summed E-state index contributed by atoms with van der Waals surface area (Å²) in [7, 11) is 2.16. The van der Waals surface area contributed by atoms with Gasteiger partial charge in [0.25, 0.3) is 5.91 Å². The molecule has 1 saturated heterocycles. The number of carbonyl (C=O) groups excluding carboxylic acids is 1. The van der Waals surface area contributed by atoms with Crippen LogP contribution in [-0.2, 0) is 0 Å². The van der Waals surface area contributed by atoms with Crippen LogP contribution in [0.3, 0.4) is 0 Å². The van der Waals surface area contributed by atoms with Gasteiger partial charge in [-0.05, 0) is 44.7 Å². The van der Waals surface area contributed by atoms with Crippen molar-refractivity contribution in [3.8, 4) is 0 Å². The van der Waals surface area contributed by atoms with Crippen molar-refractivity contribution in [2.45, 2.75) is 19.9 Å². The maximum absolute atomic E-state index is 13.3. The lowest BCUT2D eigenvalue weighted by Gasteiger charge is -2.35. The van der Waals surface area contributed by atoms with E-state index in [1.165, 1.54) is 0 Å². The molecule has 0 aliphatic carbocycles. The molecule has 0 bridgehead atoms. The van der Waals surface area contributed by atoms with E-state index in [0.717, 1.165) is 60.4 Å². The van der Waals surface area contributed by atoms with Crippen LogP contribution in [0.1, 0.15) is 33.2 Å². The van der Waals surface area contributed by atoms with E-state index in [0.29, 0.717) is 5.56 Å². The largest absolute Gasteiger partial charge is 0.344 e. The normalized spacial score (nSPS) is 16.5. The molecule has 1 N–H and O–H groups in total. The quantitative estimate of drug-likeness (QED) is 0.709. The van der Waals surface area contributed by atoms with Gasteiger partial charge in [0.05, 0.1) is 22.8 Å². The number of aromatic nitrogens is 1. The second-order valence-electron chi connectivity index (χ2n) is 8.36. The summed E-state index contributed by atoms with van der Waals surface area (Å²) in [5, 5.41) is 4.30. The molecule has 1 amide bonds. The molecule has 0 radical (unpaired) electrons. The van der Waals surface area contributed by atoms with Crippen molar-refractivity contribution in [1.29, 1.82) is 0 Å². The summed E-state index contributed by atoms with van der Waals surface area (Å²) < 4.78 is 0. The van der Waals surface area contributed by atoms with Gasteiger partial charge in [-0.15, -0.1) is 0 Å². The standard InChI is InChI=1S/C25H30N4O/c1-18-9-10-23-21(15-18)16-22(19(2)26-23)25(30)27-24(20-7-5-4-6-8-20)17-29-13-11-28(3)12-14-29/h4-10,15-16,24H,11-14,17H2,1-3H3,(H,27,30). The van der Waals surface area contributed by atoms with Gasteiger partial charge >= 0.3 is 0 Å². The Labute approximate surface area is 178 Å². The Morgan fingerprint density at radius 2 is 1.77 bits per heavy atom. The van der Waals surface area contributed by atoms with Crippen molar-refractivity contribution in [2.75, 3.05) is 39.8 Å². The average molecular weight is 403 g/mol. The van der Waals surface area contributed by atoms with E-state index in [2.05, 4.69) is 58.3 Å². The number of aryl methyl sites for hydroxylation is 2. The van der Waals surface area contributed by atoms with Crippen LogP contribution >= 0.6 is 0 Å². The number of pyridine rings is 1. The molecule has 4 rings (SSSR count). The number of likely N-dealkylation sites (N-methyl/N-ethyl adjacent to an activating group) is 1. The second-order valence-corrected chi connectivity index (χ2v) is 8.36. The summed E-state index contributed by atoms with van der Waals surface area (Å²) >= 11 is 0. The van der Waals surface area contributed by atoms with Gasteiger partial charge in [-0.1, -0.05) is 42.0 Å². The highest BCUT2D eigenvalue weighted by Gasteiger charge is 2.22. The third-order valence-corrected chi connectivity index (χ3v) is 5.95. The van der Waals surface area contributed by atoms with E-state index in [1.807, 2.05) is 37.3 Å². The number of benzene rings is 2. The minimum atomic E-state index is -0.0635. The predicted octanol–water partition coefficient (Wildman–Crippen LogP) is 3.57. The van der Waals surface area contributed by atoms with Gasteiger partial charge in [0.1, 0.15) is 0 Å². The highest BCUT2D eigenvalue weighted by Crippen LogP contribution is 2.20. The number of hydrogen-bond donors (Lipinski definition) is 1. The van der Waals surface area contributed by atoms with Gasteiger partial charge in [-0.25, -0.2) is 0 Å². The van der Waals surface area contributed by atoms with Gasteiger partial charge < -0.3 is 10.2 Å². The first-order chi connectivity index (χ1) is 14.5. The third-order valence-electron chi connectivity index (χ3n) is 5.95. The average Bonchev–Trinajstić information content (AvgIpc) is 2.75. The fourth-order valence-electron chi connectivity index (χ4n) is 4.07. The van der Waals surface area contributed by atoms with Crippen LogP contribution in [0.25, 0.3) is 10.9 Å². The number of nitrogens with one attached hydrogen (secondary N) is 1. The highest BCUT2D eigenvalue weighted by atomic mass is 16.1. The van der Waals surface area contributed by atoms with Crippen molar-refractivity contribution in [3.63, 3.8) is 0 Å². The molecule has 0 saturated carbocycles. The predicted molar refractivity (Wildman–Crippen MR) is 122 cm³/mol. The Balaban J connectivity index is 1.58. The molecule has 1 unspecified atom stereocenters. The first kappa shape index (κ1) is 20.5. The second kappa shape index (κ2) is 8.94. The smallest absolute Gasteiger partial charge is 0.253 e. The monoisotopic (exact) mass is 402 g/mol. The van der Waals surface area contributed by atoms with Crippen molar-refractivity contribution in [3.05, 3.63) is 77.0 Å². The number of amides is 1. The SMILES string of the molecule is Cc1ccc2nc(C)c(C(=O)NC(CN3CCN(C)CC3)c3ccccc3)cc2c1. The van der Waals surface area contributed by atoms with E-state index in [9.17, 15) is 4.79 Å². The van der Waals surface area contributed by atoms with Crippen molar-refractivity contribution in [1.82, 2.24) is 20.1 Å². The van der Waals surface area contributed by atoms with Crippen molar-refractivity contribution >= 4 is 16.8 Å². The number of carbonyl (C=O) groups is 1. The lowest BCUT2D eigenvalue weighted by Crippen LogP contribution is -2.47. The highest BCUT2D eigenvalue weighted by molar-refractivity contribution is 5.99. The Bertz CT molecular complexity index is 1030. The van der Waals surface area contributed by atoms with Gasteiger partial charge in [0, 0.05) is 38.1 Å². The van der Waals surface area contributed by atoms with Crippen molar-refractivity contribution in [2.24, 2.45) is 0 Å². The summed E-state index contributed by atoms with van der Waals surface area (Å²) in [5.41, 5.74) is 4.62. The van der Waals surface area contributed by atoms with Crippen LogP contribution in [0.4, 0.5) is 0 Å². The number of piperazine rings is 1. The lowest BCUT2D eigenvalue weighted by molar-refractivity contribution is 0.0906. The zero-order valence-electron chi connectivity index (χ0n) is 18.1. The minimum absolute atomic E-state index is 0.0605. The van der Waals surface area contributed by atoms with Crippen LogP contribution in [0, 0.1) is 13.8 Å². The van der Waals surface area contributed by atoms with E-state index in [1.54, 1.807) is 0 Å². The molecule has 5 nitrogen and oxygen atoms in total. The van der Waals surface area contributed by atoms with Gasteiger partial charge in [0.2, 0.25) is 0 Å². The van der Waals surface area contributed by atoms with Gasteiger partial charge in [-0.2, -0.15) is 0 Å². The molecule has 1 aliphatic rings. The number of hydrogen-bond acceptors (Lipinski definition) is 4. The maximum Gasteiger partial charge on any atom is 0.253 e. The van der Waals surface area contributed by atoms with Gasteiger partial charge in [0.15, 0.2) is 0 Å². The molecule has 156 valence electrons. The van der Waals surface area contributed by atoms with E-state index in [-0.39, 0.29) is 11.9 Å². The van der Waals surface area contributed by atoms with E-state index < -0.39 is 0 Å². The molecule has 30 heavy (non-hydrogen) atoms. The Hall–Kier alpha value is -2.76. The van der Waals surface area contributed by atoms with Crippen LogP contribution < -0.4 is 5.32 Å². The zero-order chi connectivity index (χ0) is 21.1. The zero-order valence-corrected chi connectivity index (χ0v) is 18.1. The van der Waals surface area contributed by atoms with E-state index in [4.69, 9.17) is 0 Å². The molecule has 1 aromatic heterocycles. The summed E-state index contributed by atoms with van der Waals surface area (Å²) in [4.78, 5) is 22.7. The van der Waals surface area contributed by atoms with Crippen LogP contribution in [0.5, 0.6) is 0 Å². The maximum atomic E-state index is 13.3. The Kier molecular flexibility index (Phi) is 6.11. The molecule has 0 spiro atoms. The molecular weight excluding hydrogens is 372 g/mol. The fourth-order valence-corrected chi connectivity index (χ4v) is 4.07. The minimum Gasteiger partial charge on any atom is -0.344 e. The molecule has 5 heteroatoms. The molecule has 2 heterocycles. The first-order valence-electron chi connectivity index (χ1n) is 10.6. The molecule has 1 fully saturated rings. The van der Waals surface area contributed by atoms with E-state index >= 15 is 0 Å². The van der Waals surface area contributed by atoms with Crippen molar-refractivity contribution < 1.29 is 4.79 Å². The number of rotatable bonds is 5. The Morgan fingerprint density at radius 1 is 1.03 bits per heavy atom. The summed E-state index contributed by atoms with van der Waals surface area (Å²) in [6, 6.07) is 18.3. The topological polar surface area (TPSA) is 48.5 Å². The summed E-state index contributed by atoms with van der Waals surface area (Å²) in [5.74, 6) is -0.0635. The molecular formula is C25H30N4O. The number of nitrogens with zero attached hydrogens (tertiary/aromatic N) is 3. The molecule has 2 aromatic carbocycles. The number of fused-ring (bicyclic) bond motifs is 1. The van der Waals surface area contributed by atoms with Crippen LogP contribution in [0.15, 0.2) is 54.6 Å². The molecule has 1 atom stereocenters. The summed E-state index contributed by atoms with van der Waals surface area (Å²) in [6.45, 7) is 8.93. The van der Waals surface area contributed by atoms with Crippen LogP contribution in [-0.4, -0.2) is 60.5 Å². The third kappa shape index (κ3) is 4.69. The van der Waals surface area contributed by atoms with Crippen LogP contribution in [0.2, 0.25) is 0 Å². The Morgan fingerprint density at radius 3 is 2.50 bits per heavy atom. The first-order valence-corrected chi connectivity index (χ1v) is 10.6. The lowest BCUT2D eigenvalue weighted by atomic mass is 10.0. The molecule has 1 aliphatic heterocycles. The van der Waals surface area contributed by atoms with Gasteiger partial charge in [-0.3, -0.25) is 14.7 Å². The fraction of sp³-hybridized carbons (Fsp3) is 0.360. The summed E-state index contributed by atoms with van der Waals surface area (Å²) in [6.07, 6.45) is 0. The molecule has 3 aromatic rings.